The first-order valence-corrected chi connectivity index (χ1v) is 6.45. The van der Waals surface area contributed by atoms with Gasteiger partial charge in [-0.1, -0.05) is 22.0 Å². The number of benzene rings is 1. The van der Waals surface area contributed by atoms with Crippen LogP contribution in [0.5, 0.6) is 0 Å². The highest BCUT2D eigenvalue weighted by Gasteiger charge is 2.22. The maximum atomic E-state index is 4.35. The van der Waals surface area contributed by atoms with Gasteiger partial charge in [0.25, 0.3) is 0 Å². The lowest BCUT2D eigenvalue weighted by atomic mass is 9.94. The lowest BCUT2D eigenvalue weighted by molar-refractivity contribution is 0.947. The Morgan fingerprint density at radius 2 is 2.18 bits per heavy atom. The van der Waals surface area contributed by atoms with E-state index in [9.17, 15) is 0 Å². The van der Waals surface area contributed by atoms with Crippen molar-refractivity contribution in [3.8, 4) is 11.4 Å². The van der Waals surface area contributed by atoms with E-state index in [-0.39, 0.29) is 0 Å². The number of fused-ring (bicyclic) bond motifs is 5. The van der Waals surface area contributed by atoms with Crippen LogP contribution in [-0.2, 0) is 12.8 Å². The van der Waals surface area contributed by atoms with Crippen LogP contribution in [0.4, 0.5) is 0 Å². The van der Waals surface area contributed by atoms with Crippen LogP contribution in [-0.4, -0.2) is 15.2 Å². The summed E-state index contributed by atoms with van der Waals surface area (Å²) in [4.78, 5) is 3.49. The normalized spacial score (nSPS) is 13.7. The molecule has 0 aliphatic heterocycles. The number of aryl methyl sites for hydroxylation is 2. The molecule has 0 amide bonds. The van der Waals surface area contributed by atoms with Crippen molar-refractivity contribution in [3.05, 3.63) is 40.0 Å². The summed E-state index contributed by atoms with van der Waals surface area (Å²) in [5.74, 6) is 0. The van der Waals surface area contributed by atoms with Gasteiger partial charge in [0.2, 0.25) is 0 Å². The van der Waals surface area contributed by atoms with Crippen LogP contribution in [0.15, 0.2) is 28.9 Å². The third-order valence-electron chi connectivity index (χ3n) is 3.47. The van der Waals surface area contributed by atoms with Gasteiger partial charge in [0.1, 0.15) is 5.69 Å². The number of hydrogen-bond donors (Lipinski definition) is 2. The average molecular weight is 288 g/mol. The summed E-state index contributed by atoms with van der Waals surface area (Å²) in [6.45, 7) is 0. The Labute approximate surface area is 106 Å². The predicted molar refractivity (Wildman–Crippen MR) is 71.0 cm³/mol. The summed E-state index contributed by atoms with van der Waals surface area (Å²) in [6, 6.07) is 6.39. The highest BCUT2D eigenvalue weighted by atomic mass is 79.9. The van der Waals surface area contributed by atoms with Crippen LogP contribution in [0.1, 0.15) is 11.1 Å². The quantitative estimate of drug-likeness (QED) is 0.654. The lowest BCUT2D eigenvalue weighted by Gasteiger charge is -2.10. The van der Waals surface area contributed by atoms with Crippen molar-refractivity contribution in [2.24, 2.45) is 0 Å². The molecule has 0 saturated carbocycles. The molecule has 0 bridgehead atoms. The summed E-state index contributed by atoms with van der Waals surface area (Å²) < 4.78 is 1.10. The second-order valence-corrected chi connectivity index (χ2v) is 5.34. The van der Waals surface area contributed by atoms with Gasteiger partial charge >= 0.3 is 0 Å². The molecule has 0 saturated heterocycles. The molecule has 0 unspecified atom stereocenters. The minimum absolute atomic E-state index is 1.07. The highest BCUT2D eigenvalue weighted by molar-refractivity contribution is 9.10. The van der Waals surface area contributed by atoms with E-state index in [1.54, 1.807) is 0 Å². The van der Waals surface area contributed by atoms with Crippen LogP contribution in [0.25, 0.3) is 22.3 Å². The molecule has 1 aliphatic rings. The zero-order valence-corrected chi connectivity index (χ0v) is 10.6. The van der Waals surface area contributed by atoms with Crippen LogP contribution in [0.2, 0.25) is 0 Å². The Kier molecular flexibility index (Phi) is 1.80. The molecule has 4 heteroatoms. The van der Waals surface area contributed by atoms with Crippen LogP contribution in [0, 0.1) is 0 Å². The molecule has 0 spiro atoms. The maximum absolute atomic E-state index is 4.35. The van der Waals surface area contributed by atoms with E-state index in [2.05, 4.69) is 49.3 Å². The largest absolute Gasteiger partial charge is 0.353 e. The second kappa shape index (κ2) is 3.23. The van der Waals surface area contributed by atoms with Crippen molar-refractivity contribution in [2.75, 3.05) is 0 Å². The smallest absolute Gasteiger partial charge is 0.112 e. The second-order valence-electron chi connectivity index (χ2n) is 4.43. The molecule has 1 aliphatic carbocycles. The lowest BCUT2D eigenvalue weighted by Crippen LogP contribution is -2.00. The molecule has 0 radical (unpaired) electrons. The summed E-state index contributed by atoms with van der Waals surface area (Å²) in [7, 11) is 0. The molecular weight excluding hydrogens is 278 g/mol. The van der Waals surface area contributed by atoms with Crippen molar-refractivity contribution in [1.82, 2.24) is 15.2 Å². The zero-order chi connectivity index (χ0) is 11.4. The third kappa shape index (κ3) is 1.24. The Morgan fingerprint density at radius 1 is 1.24 bits per heavy atom. The molecule has 2 heterocycles. The van der Waals surface area contributed by atoms with Gasteiger partial charge < -0.3 is 4.98 Å². The Bertz CT molecular complexity index is 723. The van der Waals surface area contributed by atoms with Gasteiger partial charge in [-0.25, -0.2) is 0 Å². The molecule has 0 atom stereocenters. The zero-order valence-electron chi connectivity index (χ0n) is 9.05. The van der Waals surface area contributed by atoms with Crippen LogP contribution < -0.4 is 0 Å². The Morgan fingerprint density at radius 3 is 3.12 bits per heavy atom. The maximum Gasteiger partial charge on any atom is 0.112 e. The molecule has 2 aromatic heterocycles. The number of H-pyrrole nitrogens is 2. The van der Waals surface area contributed by atoms with Crippen molar-refractivity contribution in [1.29, 1.82) is 0 Å². The molecule has 2 N–H and O–H groups in total. The predicted octanol–water partition coefficient (Wildman–Crippen LogP) is 3.42. The Balaban J connectivity index is 2.10. The standard InChI is InChI=1S/C13H10BrN3/c14-8-2-4-9-10-3-1-7-6-15-17-12(7)13(10)16-11(9)5-8/h2,4-6,16H,1,3H2,(H,15,17). The van der Waals surface area contributed by atoms with Gasteiger partial charge in [-0.15, -0.1) is 0 Å². The number of rotatable bonds is 0. The Hall–Kier alpha value is -1.55. The van der Waals surface area contributed by atoms with Gasteiger partial charge in [0.05, 0.1) is 5.69 Å². The number of nitrogens with zero attached hydrogens (tertiary/aromatic N) is 1. The highest BCUT2D eigenvalue weighted by Crippen LogP contribution is 2.36. The molecule has 1 aromatic carbocycles. The molecule has 4 rings (SSSR count). The van der Waals surface area contributed by atoms with Crippen molar-refractivity contribution >= 4 is 26.8 Å². The number of aromatic amines is 2. The molecule has 84 valence electrons. The summed E-state index contributed by atoms with van der Waals surface area (Å²) in [5, 5.41) is 8.62. The summed E-state index contributed by atoms with van der Waals surface area (Å²) in [6.07, 6.45) is 4.16. The minimum Gasteiger partial charge on any atom is -0.353 e. The van der Waals surface area contributed by atoms with E-state index in [0.29, 0.717) is 0 Å². The van der Waals surface area contributed by atoms with Crippen molar-refractivity contribution < 1.29 is 0 Å². The van der Waals surface area contributed by atoms with E-state index in [4.69, 9.17) is 0 Å². The van der Waals surface area contributed by atoms with Crippen molar-refractivity contribution in [2.45, 2.75) is 12.8 Å². The van der Waals surface area contributed by atoms with E-state index in [1.165, 1.54) is 27.7 Å². The summed E-state index contributed by atoms with van der Waals surface area (Å²) in [5.41, 5.74) is 6.15. The van der Waals surface area contributed by atoms with E-state index >= 15 is 0 Å². The molecule has 3 nitrogen and oxygen atoms in total. The minimum atomic E-state index is 1.07. The fourth-order valence-electron chi connectivity index (χ4n) is 2.67. The fourth-order valence-corrected chi connectivity index (χ4v) is 3.03. The monoisotopic (exact) mass is 287 g/mol. The first kappa shape index (κ1) is 9.48. The van der Waals surface area contributed by atoms with E-state index < -0.39 is 0 Å². The SMILES string of the molecule is Brc1ccc2c3c([nH]c2c1)-c1n[nH]cc1CC3. The van der Waals surface area contributed by atoms with Crippen LogP contribution >= 0.6 is 15.9 Å². The van der Waals surface area contributed by atoms with Gasteiger partial charge in [-0.05, 0) is 36.1 Å². The van der Waals surface area contributed by atoms with Crippen LogP contribution in [0.3, 0.4) is 0 Å². The summed E-state index contributed by atoms with van der Waals surface area (Å²) >= 11 is 3.51. The molecular formula is C13H10BrN3. The van der Waals surface area contributed by atoms with Gasteiger partial charge in [0.15, 0.2) is 0 Å². The number of hydrogen-bond acceptors (Lipinski definition) is 1. The molecule has 17 heavy (non-hydrogen) atoms. The topological polar surface area (TPSA) is 44.5 Å². The average Bonchev–Trinajstić information content (AvgIpc) is 2.90. The molecule has 3 aromatic rings. The van der Waals surface area contributed by atoms with E-state index in [1.807, 2.05) is 6.20 Å². The van der Waals surface area contributed by atoms with Gasteiger partial charge in [-0.3, -0.25) is 5.10 Å². The first-order valence-electron chi connectivity index (χ1n) is 5.66. The van der Waals surface area contributed by atoms with E-state index in [0.717, 1.165) is 23.0 Å². The van der Waals surface area contributed by atoms with Gasteiger partial charge in [-0.2, -0.15) is 5.10 Å². The van der Waals surface area contributed by atoms with Crippen molar-refractivity contribution in [3.63, 3.8) is 0 Å². The number of nitrogens with one attached hydrogen (secondary N) is 2. The fraction of sp³-hybridized carbons (Fsp3) is 0.154. The van der Waals surface area contributed by atoms with Gasteiger partial charge in [0, 0.05) is 21.6 Å². The molecule has 0 fully saturated rings. The number of aromatic nitrogens is 3. The number of halogens is 1. The first-order chi connectivity index (χ1) is 8.33. The third-order valence-corrected chi connectivity index (χ3v) is 3.96.